The lowest BCUT2D eigenvalue weighted by atomic mass is 9.92. The molecule has 0 heterocycles. The molecule has 0 aliphatic heterocycles. The fraction of sp³-hybridized carbons (Fsp3) is 0.231. The summed E-state index contributed by atoms with van der Waals surface area (Å²) < 4.78 is 20.4. The molecule has 0 saturated heterocycles. The largest absolute Gasteiger partial charge is 0.345 e. The number of alkyl halides is 1. The predicted molar refractivity (Wildman–Crippen MR) is 66.9 cm³/mol. The molecule has 0 N–H and O–H groups in total. The highest BCUT2D eigenvalue weighted by Crippen LogP contribution is 2.41. The number of ether oxygens (including phenoxy) is 1. The zero-order valence-corrected chi connectivity index (χ0v) is 10.5. The van der Waals surface area contributed by atoms with Crippen molar-refractivity contribution in [2.75, 3.05) is 7.11 Å². The molecule has 0 fully saturated rings. The molecular weight excluding hydrogens is 271 g/mol. The second-order valence-electron chi connectivity index (χ2n) is 3.67. The zero-order chi connectivity index (χ0) is 11.6. The Kier molecular flexibility index (Phi) is 3.26. The number of methoxy groups -OCH3 is 1. The molecule has 1 unspecified atom stereocenters. The van der Waals surface area contributed by atoms with E-state index in [2.05, 4.69) is 15.9 Å². The average molecular weight is 283 g/mol. The van der Waals surface area contributed by atoms with Gasteiger partial charge in [0.1, 0.15) is 0 Å². The summed E-state index contributed by atoms with van der Waals surface area (Å²) in [6.07, 6.45) is 3.83. The first kappa shape index (κ1) is 11.6. The number of halogens is 2. The van der Waals surface area contributed by atoms with Gasteiger partial charge < -0.3 is 4.74 Å². The molecule has 0 aromatic heterocycles. The van der Waals surface area contributed by atoms with E-state index in [1.54, 1.807) is 6.08 Å². The molecule has 0 bridgehead atoms. The quantitative estimate of drug-likeness (QED) is 0.795. The van der Waals surface area contributed by atoms with Gasteiger partial charge in [-0.2, -0.15) is 0 Å². The Hall–Kier alpha value is -0.930. The maximum absolute atomic E-state index is 14.5. The van der Waals surface area contributed by atoms with E-state index in [0.29, 0.717) is 5.57 Å². The standard InChI is InChI=1S/C13H12BrFO/c1-16-13(15)9-11(14)7-8-12(13)10-5-3-2-4-6-10/h2-8H,9H2,1H3. The van der Waals surface area contributed by atoms with Crippen LogP contribution in [0.5, 0.6) is 0 Å². The SMILES string of the molecule is COC1(F)CC(Br)=CC=C1c1ccccc1. The topological polar surface area (TPSA) is 9.23 Å². The summed E-state index contributed by atoms with van der Waals surface area (Å²) in [7, 11) is 1.39. The highest BCUT2D eigenvalue weighted by Gasteiger charge is 2.37. The minimum absolute atomic E-state index is 0.213. The summed E-state index contributed by atoms with van der Waals surface area (Å²) in [5.41, 5.74) is 1.42. The normalized spacial score (nSPS) is 24.9. The highest BCUT2D eigenvalue weighted by atomic mass is 79.9. The van der Waals surface area contributed by atoms with Gasteiger partial charge in [0.2, 0.25) is 5.85 Å². The van der Waals surface area contributed by atoms with Gasteiger partial charge >= 0.3 is 0 Å². The van der Waals surface area contributed by atoms with E-state index in [4.69, 9.17) is 4.74 Å². The van der Waals surface area contributed by atoms with Crippen molar-refractivity contribution in [1.29, 1.82) is 0 Å². The number of hydrogen-bond acceptors (Lipinski definition) is 1. The van der Waals surface area contributed by atoms with E-state index < -0.39 is 5.85 Å². The first-order valence-electron chi connectivity index (χ1n) is 5.02. The molecule has 1 aliphatic rings. The first-order valence-corrected chi connectivity index (χ1v) is 5.81. The molecule has 1 aliphatic carbocycles. The Balaban J connectivity index is 2.45. The third-order valence-corrected chi connectivity index (χ3v) is 3.18. The van der Waals surface area contributed by atoms with Crippen molar-refractivity contribution in [3.8, 4) is 0 Å². The van der Waals surface area contributed by atoms with Crippen LogP contribution in [-0.2, 0) is 4.74 Å². The molecule has 84 valence electrons. The van der Waals surface area contributed by atoms with Crippen LogP contribution < -0.4 is 0 Å². The Bertz CT molecular complexity index is 439. The zero-order valence-electron chi connectivity index (χ0n) is 8.91. The average Bonchev–Trinajstić information content (AvgIpc) is 2.30. The second-order valence-corrected chi connectivity index (χ2v) is 4.69. The van der Waals surface area contributed by atoms with Crippen LogP contribution in [0.2, 0.25) is 0 Å². The highest BCUT2D eigenvalue weighted by molar-refractivity contribution is 9.11. The molecule has 16 heavy (non-hydrogen) atoms. The van der Waals surface area contributed by atoms with Crippen molar-refractivity contribution >= 4 is 21.5 Å². The van der Waals surface area contributed by atoms with Crippen LogP contribution in [0.25, 0.3) is 5.57 Å². The summed E-state index contributed by atoms with van der Waals surface area (Å²) in [4.78, 5) is 0. The van der Waals surface area contributed by atoms with Gasteiger partial charge in [-0.1, -0.05) is 58.4 Å². The molecule has 1 nitrogen and oxygen atoms in total. The van der Waals surface area contributed by atoms with Gasteiger partial charge in [0.15, 0.2) is 0 Å². The molecule has 0 saturated carbocycles. The van der Waals surface area contributed by atoms with Crippen LogP contribution >= 0.6 is 15.9 Å². The van der Waals surface area contributed by atoms with Crippen molar-refractivity contribution < 1.29 is 9.13 Å². The van der Waals surface area contributed by atoms with E-state index >= 15 is 0 Å². The van der Waals surface area contributed by atoms with Crippen molar-refractivity contribution in [3.63, 3.8) is 0 Å². The Morgan fingerprint density at radius 2 is 1.94 bits per heavy atom. The van der Waals surface area contributed by atoms with Crippen LogP contribution in [-0.4, -0.2) is 13.0 Å². The van der Waals surface area contributed by atoms with Crippen LogP contribution in [0.4, 0.5) is 4.39 Å². The fourth-order valence-electron chi connectivity index (χ4n) is 1.78. The van der Waals surface area contributed by atoms with Crippen molar-refractivity contribution in [3.05, 3.63) is 52.5 Å². The van der Waals surface area contributed by atoms with Gasteiger partial charge in [0, 0.05) is 23.6 Å². The fourth-order valence-corrected chi connectivity index (χ4v) is 2.27. The molecule has 1 aromatic carbocycles. The van der Waals surface area contributed by atoms with Crippen LogP contribution in [0.1, 0.15) is 12.0 Å². The summed E-state index contributed by atoms with van der Waals surface area (Å²) >= 11 is 3.30. The minimum Gasteiger partial charge on any atom is -0.345 e. The summed E-state index contributed by atoms with van der Waals surface area (Å²) in [6.45, 7) is 0. The lowest BCUT2D eigenvalue weighted by Crippen LogP contribution is -2.28. The Morgan fingerprint density at radius 1 is 1.25 bits per heavy atom. The summed E-state index contributed by atoms with van der Waals surface area (Å²) in [5.74, 6) is -1.74. The van der Waals surface area contributed by atoms with Gasteiger partial charge in [-0.3, -0.25) is 0 Å². The molecular formula is C13H12BrFO. The van der Waals surface area contributed by atoms with Crippen molar-refractivity contribution in [1.82, 2.24) is 0 Å². The summed E-state index contributed by atoms with van der Waals surface area (Å²) in [5, 5.41) is 0. The Morgan fingerprint density at radius 3 is 2.56 bits per heavy atom. The molecule has 1 aromatic rings. The van der Waals surface area contributed by atoms with Crippen LogP contribution in [0, 0.1) is 0 Å². The van der Waals surface area contributed by atoms with Crippen LogP contribution in [0.15, 0.2) is 47.0 Å². The monoisotopic (exact) mass is 282 g/mol. The molecule has 0 amide bonds. The first-order chi connectivity index (χ1) is 7.65. The van der Waals surface area contributed by atoms with E-state index in [9.17, 15) is 4.39 Å². The number of hydrogen-bond donors (Lipinski definition) is 0. The van der Waals surface area contributed by atoms with Crippen molar-refractivity contribution in [2.45, 2.75) is 12.3 Å². The smallest absolute Gasteiger partial charge is 0.240 e. The van der Waals surface area contributed by atoms with Crippen molar-refractivity contribution in [2.24, 2.45) is 0 Å². The third kappa shape index (κ3) is 2.11. The molecule has 0 spiro atoms. The second kappa shape index (κ2) is 4.52. The number of allylic oxidation sites excluding steroid dienone is 2. The number of benzene rings is 1. The lowest BCUT2D eigenvalue weighted by Gasteiger charge is -2.29. The maximum atomic E-state index is 14.5. The number of rotatable bonds is 2. The van der Waals surface area contributed by atoms with E-state index in [0.717, 1.165) is 10.0 Å². The lowest BCUT2D eigenvalue weighted by molar-refractivity contribution is -0.0677. The van der Waals surface area contributed by atoms with Crippen LogP contribution in [0.3, 0.4) is 0 Å². The third-order valence-electron chi connectivity index (χ3n) is 2.64. The minimum atomic E-state index is -1.74. The van der Waals surface area contributed by atoms with Gasteiger partial charge in [-0.25, -0.2) is 4.39 Å². The van der Waals surface area contributed by atoms with Gasteiger partial charge in [0.05, 0.1) is 0 Å². The van der Waals surface area contributed by atoms with E-state index in [1.807, 2.05) is 36.4 Å². The Labute approximate surface area is 103 Å². The molecule has 0 radical (unpaired) electrons. The predicted octanol–water partition coefficient (Wildman–Crippen LogP) is 4.06. The molecule has 3 heteroatoms. The van der Waals surface area contributed by atoms with Gasteiger partial charge in [-0.05, 0) is 5.56 Å². The molecule has 1 atom stereocenters. The summed E-state index contributed by atoms with van der Waals surface area (Å²) in [6, 6.07) is 9.45. The van der Waals surface area contributed by atoms with E-state index in [1.165, 1.54) is 7.11 Å². The van der Waals surface area contributed by atoms with E-state index in [-0.39, 0.29) is 6.42 Å². The van der Waals surface area contributed by atoms with Gasteiger partial charge in [-0.15, -0.1) is 0 Å². The molecule has 2 rings (SSSR count). The van der Waals surface area contributed by atoms with Gasteiger partial charge in [0.25, 0.3) is 0 Å². The maximum Gasteiger partial charge on any atom is 0.240 e.